The summed E-state index contributed by atoms with van der Waals surface area (Å²) in [6, 6.07) is 0. The Morgan fingerprint density at radius 3 is 2.78 bits per heavy atom. The topological polar surface area (TPSA) is 37.3 Å². The summed E-state index contributed by atoms with van der Waals surface area (Å²) in [4.78, 5) is 10.6. The molecule has 1 atom stereocenters. The molecule has 1 aliphatic rings. The molecule has 2 heteroatoms. The smallest absolute Gasteiger partial charge is 0.328 e. The van der Waals surface area contributed by atoms with Crippen LogP contribution >= 0.6 is 0 Å². The Bertz CT molecular complexity index is 382. The highest BCUT2D eigenvalue weighted by Gasteiger charge is 2.13. The number of hydrogen-bond acceptors (Lipinski definition) is 1. The van der Waals surface area contributed by atoms with Gasteiger partial charge < -0.3 is 5.11 Å². The zero-order valence-electron chi connectivity index (χ0n) is 11.7. The third-order valence-electron chi connectivity index (χ3n) is 3.26. The van der Waals surface area contributed by atoms with E-state index in [2.05, 4.69) is 32.9 Å². The van der Waals surface area contributed by atoms with Crippen LogP contribution in [0, 0.1) is 5.92 Å². The van der Waals surface area contributed by atoms with Crippen LogP contribution in [0.25, 0.3) is 0 Å². The molecule has 0 saturated carbocycles. The van der Waals surface area contributed by atoms with Crippen LogP contribution in [0.15, 0.2) is 34.9 Å². The van der Waals surface area contributed by atoms with Gasteiger partial charge in [0, 0.05) is 6.08 Å². The highest BCUT2D eigenvalue weighted by atomic mass is 16.4. The molecular formula is C16H24O2. The van der Waals surface area contributed by atoms with Crippen molar-refractivity contribution in [1.29, 1.82) is 0 Å². The van der Waals surface area contributed by atoms with E-state index in [1.54, 1.807) is 0 Å². The standard InChI is InChI=1S/C16H24O2/c1-12(2)5-4-6-13(3)9-14-7-8-15(10-14)11-16(17)18/h5,10-11,13H,4,6-9H2,1-3H3,(H,17,18)/b15-11+. The van der Waals surface area contributed by atoms with Crippen LogP contribution in [0.1, 0.15) is 52.9 Å². The largest absolute Gasteiger partial charge is 0.478 e. The minimum atomic E-state index is -0.834. The van der Waals surface area contributed by atoms with Crippen LogP contribution < -0.4 is 0 Å². The summed E-state index contributed by atoms with van der Waals surface area (Å²) in [5.41, 5.74) is 3.76. The Labute approximate surface area is 110 Å². The third-order valence-corrected chi connectivity index (χ3v) is 3.26. The lowest BCUT2D eigenvalue weighted by atomic mass is 9.96. The Morgan fingerprint density at radius 1 is 1.44 bits per heavy atom. The van der Waals surface area contributed by atoms with Gasteiger partial charge in [-0.3, -0.25) is 0 Å². The fourth-order valence-corrected chi connectivity index (χ4v) is 2.35. The molecule has 0 fully saturated rings. The van der Waals surface area contributed by atoms with Crippen molar-refractivity contribution in [3.05, 3.63) is 34.9 Å². The maximum absolute atomic E-state index is 10.6. The van der Waals surface area contributed by atoms with Crippen molar-refractivity contribution in [1.82, 2.24) is 0 Å². The van der Waals surface area contributed by atoms with Crippen LogP contribution in [-0.2, 0) is 4.79 Å². The molecule has 1 unspecified atom stereocenters. The van der Waals surface area contributed by atoms with Crippen molar-refractivity contribution < 1.29 is 9.90 Å². The van der Waals surface area contributed by atoms with Gasteiger partial charge in [0.1, 0.15) is 0 Å². The molecule has 1 aliphatic carbocycles. The first-order valence-corrected chi connectivity index (χ1v) is 6.73. The summed E-state index contributed by atoms with van der Waals surface area (Å²) in [6.45, 7) is 6.54. The van der Waals surface area contributed by atoms with Crippen LogP contribution in [-0.4, -0.2) is 11.1 Å². The molecular weight excluding hydrogens is 224 g/mol. The second kappa shape index (κ2) is 7.20. The van der Waals surface area contributed by atoms with Crippen LogP contribution in [0.4, 0.5) is 0 Å². The average molecular weight is 248 g/mol. The van der Waals surface area contributed by atoms with E-state index in [1.165, 1.54) is 23.6 Å². The molecule has 2 nitrogen and oxygen atoms in total. The van der Waals surface area contributed by atoms with Gasteiger partial charge in [0.2, 0.25) is 0 Å². The maximum atomic E-state index is 10.6. The van der Waals surface area contributed by atoms with Crippen molar-refractivity contribution in [2.45, 2.75) is 52.9 Å². The Balaban J connectivity index is 2.39. The lowest BCUT2D eigenvalue weighted by Gasteiger charge is -2.10. The van der Waals surface area contributed by atoms with Gasteiger partial charge in [0.25, 0.3) is 0 Å². The molecule has 0 aromatic rings. The molecule has 0 saturated heterocycles. The highest BCUT2D eigenvalue weighted by molar-refractivity contribution is 5.81. The van der Waals surface area contributed by atoms with Gasteiger partial charge >= 0.3 is 5.97 Å². The molecule has 0 aromatic heterocycles. The number of hydrogen-bond donors (Lipinski definition) is 1. The number of allylic oxidation sites excluding steroid dienone is 5. The summed E-state index contributed by atoms with van der Waals surface area (Å²) in [5, 5.41) is 8.70. The third kappa shape index (κ3) is 5.85. The van der Waals surface area contributed by atoms with E-state index in [0.29, 0.717) is 5.92 Å². The lowest BCUT2D eigenvalue weighted by Crippen LogP contribution is -1.95. The van der Waals surface area contributed by atoms with Gasteiger partial charge in [-0.25, -0.2) is 4.79 Å². The summed E-state index contributed by atoms with van der Waals surface area (Å²) in [6.07, 6.45) is 11.1. The van der Waals surface area contributed by atoms with E-state index in [0.717, 1.165) is 31.3 Å². The Hall–Kier alpha value is -1.31. The van der Waals surface area contributed by atoms with Gasteiger partial charge in [0.05, 0.1) is 0 Å². The zero-order valence-corrected chi connectivity index (χ0v) is 11.7. The average Bonchev–Trinajstić information content (AvgIpc) is 2.63. The monoisotopic (exact) mass is 248 g/mol. The Kier molecular flexibility index (Phi) is 5.90. The van der Waals surface area contributed by atoms with E-state index in [-0.39, 0.29) is 0 Å². The predicted molar refractivity (Wildman–Crippen MR) is 75.5 cm³/mol. The second-order valence-corrected chi connectivity index (χ2v) is 5.53. The molecule has 0 heterocycles. The number of carboxylic acids is 1. The fraction of sp³-hybridized carbons (Fsp3) is 0.562. The highest BCUT2D eigenvalue weighted by Crippen LogP contribution is 2.29. The number of carboxylic acid groups (broad SMARTS) is 1. The minimum absolute atomic E-state index is 0.677. The van der Waals surface area contributed by atoms with E-state index in [9.17, 15) is 4.79 Å². The fourth-order valence-electron chi connectivity index (χ4n) is 2.35. The van der Waals surface area contributed by atoms with E-state index < -0.39 is 5.97 Å². The van der Waals surface area contributed by atoms with E-state index in [1.807, 2.05) is 0 Å². The SMILES string of the molecule is CC(C)=CCCC(C)CC1=C/C(=C/C(=O)O)CC1. The minimum Gasteiger partial charge on any atom is -0.478 e. The molecule has 0 amide bonds. The lowest BCUT2D eigenvalue weighted by molar-refractivity contribution is -0.131. The first kappa shape index (κ1) is 14.7. The van der Waals surface area contributed by atoms with Crippen LogP contribution in [0.3, 0.4) is 0 Å². The molecule has 0 aromatic carbocycles. The van der Waals surface area contributed by atoms with E-state index >= 15 is 0 Å². The van der Waals surface area contributed by atoms with E-state index in [4.69, 9.17) is 5.11 Å². The molecule has 100 valence electrons. The summed E-state index contributed by atoms with van der Waals surface area (Å²) in [7, 11) is 0. The van der Waals surface area contributed by atoms with Gasteiger partial charge in [-0.05, 0) is 57.4 Å². The normalized spacial score (nSPS) is 18.6. The maximum Gasteiger partial charge on any atom is 0.328 e. The number of aliphatic carboxylic acids is 1. The van der Waals surface area contributed by atoms with Crippen LogP contribution in [0.2, 0.25) is 0 Å². The first-order valence-electron chi connectivity index (χ1n) is 6.73. The molecule has 0 spiro atoms. The second-order valence-electron chi connectivity index (χ2n) is 5.53. The first-order chi connectivity index (χ1) is 8.47. The van der Waals surface area contributed by atoms with Gasteiger partial charge in [-0.2, -0.15) is 0 Å². The van der Waals surface area contributed by atoms with Crippen molar-refractivity contribution in [3.8, 4) is 0 Å². The van der Waals surface area contributed by atoms with Crippen LogP contribution in [0.5, 0.6) is 0 Å². The quantitative estimate of drug-likeness (QED) is 0.555. The van der Waals surface area contributed by atoms with Crippen molar-refractivity contribution in [2.24, 2.45) is 5.92 Å². The van der Waals surface area contributed by atoms with Gasteiger partial charge in [-0.15, -0.1) is 0 Å². The zero-order chi connectivity index (χ0) is 13.5. The molecule has 1 N–H and O–H groups in total. The van der Waals surface area contributed by atoms with Gasteiger partial charge in [0.15, 0.2) is 0 Å². The van der Waals surface area contributed by atoms with Crippen molar-refractivity contribution in [3.63, 3.8) is 0 Å². The van der Waals surface area contributed by atoms with Gasteiger partial charge in [-0.1, -0.05) is 30.2 Å². The predicted octanol–water partition coefficient (Wildman–Crippen LogP) is 4.49. The molecule has 0 aliphatic heterocycles. The number of rotatable bonds is 6. The van der Waals surface area contributed by atoms with Crippen molar-refractivity contribution >= 4 is 5.97 Å². The molecule has 0 radical (unpaired) electrons. The summed E-state index contributed by atoms with van der Waals surface area (Å²) in [5.74, 6) is -0.157. The van der Waals surface area contributed by atoms with Crippen molar-refractivity contribution in [2.75, 3.05) is 0 Å². The Morgan fingerprint density at radius 2 is 2.17 bits per heavy atom. The molecule has 0 bridgehead atoms. The number of carbonyl (C=O) groups is 1. The summed E-state index contributed by atoms with van der Waals surface area (Å²) >= 11 is 0. The summed E-state index contributed by atoms with van der Waals surface area (Å²) < 4.78 is 0. The molecule has 1 rings (SSSR count). The molecule has 18 heavy (non-hydrogen) atoms.